The first kappa shape index (κ1) is 17.3. The van der Waals surface area contributed by atoms with E-state index in [1.54, 1.807) is 37.3 Å². The number of anilines is 2. The van der Waals surface area contributed by atoms with Gasteiger partial charge in [0.05, 0.1) is 25.6 Å². The summed E-state index contributed by atoms with van der Waals surface area (Å²) in [6.45, 7) is 1.78. The number of hydrogen-bond acceptors (Lipinski definition) is 6. The zero-order valence-corrected chi connectivity index (χ0v) is 14.4. The van der Waals surface area contributed by atoms with Crippen molar-refractivity contribution in [3.63, 3.8) is 0 Å². The lowest BCUT2D eigenvalue weighted by molar-refractivity contribution is -0.245. The van der Waals surface area contributed by atoms with Crippen LogP contribution in [0.2, 0.25) is 0 Å². The summed E-state index contributed by atoms with van der Waals surface area (Å²) in [7, 11) is 2.92. The van der Waals surface area contributed by atoms with Crippen molar-refractivity contribution in [3.8, 4) is 11.5 Å². The summed E-state index contributed by atoms with van der Waals surface area (Å²) in [5.41, 5.74) is 1.03. The number of carbonyl (C=O) groups is 1. The minimum atomic E-state index is -1.46. The second kappa shape index (κ2) is 6.79. The number of ether oxygens (including phenoxy) is 2. The van der Waals surface area contributed by atoms with Gasteiger partial charge in [0.2, 0.25) is 0 Å². The molecule has 0 saturated heterocycles. The second-order valence-electron chi connectivity index (χ2n) is 5.57. The maximum absolute atomic E-state index is 11.8. The van der Waals surface area contributed by atoms with Crippen LogP contribution in [0.25, 0.3) is 11.0 Å². The van der Waals surface area contributed by atoms with E-state index in [0.29, 0.717) is 16.9 Å². The van der Waals surface area contributed by atoms with Crippen LogP contribution in [-0.4, -0.2) is 20.3 Å². The van der Waals surface area contributed by atoms with Crippen molar-refractivity contribution in [1.82, 2.24) is 0 Å². The van der Waals surface area contributed by atoms with E-state index in [-0.39, 0.29) is 17.0 Å². The largest absolute Gasteiger partial charge is 0.529 e. The molecule has 3 aromatic rings. The first-order valence-corrected chi connectivity index (χ1v) is 7.72. The molecule has 134 valence electrons. The van der Waals surface area contributed by atoms with E-state index in [4.69, 9.17) is 13.9 Å². The van der Waals surface area contributed by atoms with Crippen molar-refractivity contribution in [2.75, 3.05) is 19.1 Å². The fourth-order valence-corrected chi connectivity index (χ4v) is 2.77. The second-order valence-corrected chi connectivity index (χ2v) is 5.57. The van der Waals surface area contributed by atoms with Crippen molar-refractivity contribution in [1.29, 1.82) is 0 Å². The Morgan fingerprint density at radius 2 is 1.85 bits per heavy atom. The van der Waals surface area contributed by atoms with Crippen LogP contribution in [0.3, 0.4) is 0 Å². The molecule has 7 nitrogen and oxygen atoms in total. The van der Waals surface area contributed by atoms with E-state index in [0.717, 1.165) is 10.5 Å². The van der Waals surface area contributed by atoms with Gasteiger partial charge in [0.15, 0.2) is 0 Å². The molecule has 26 heavy (non-hydrogen) atoms. The van der Waals surface area contributed by atoms with Crippen LogP contribution in [0.15, 0.2) is 51.7 Å². The van der Waals surface area contributed by atoms with Crippen LogP contribution in [0.4, 0.5) is 16.2 Å². The van der Waals surface area contributed by atoms with Gasteiger partial charge in [-0.15, -0.1) is 0 Å². The number of rotatable bonds is 4. The Balaban J connectivity index is 2.19. The molecule has 0 radical (unpaired) electrons. The van der Waals surface area contributed by atoms with Crippen LogP contribution in [0.1, 0.15) is 5.56 Å². The van der Waals surface area contributed by atoms with Crippen LogP contribution >= 0.6 is 0 Å². The SMILES string of the molecule is COc1ccc(N(C(=O)[O-])c2ccc3c(C)cc(=O)oc3c2)c(OC)c1. The molecule has 0 aliphatic rings. The van der Waals surface area contributed by atoms with Gasteiger partial charge in [0.1, 0.15) is 23.2 Å². The minimum absolute atomic E-state index is 0.252. The molecule has 0 atom stereocenters. The molecule has 7 heteroatoms. The number of amides is 1. The van der Waals surface area contributed by atoms with Crippen LogP contribution in [-0.2, 0) is 0 Å². The number of methoxy groups -OCH3 is 2. The summed E-state index contributed by atoms with van der Waals surface area (Å²) in [6, 6.07) is 10.9. The Hall–Kier alpha value is -3.48. The molecular weight excluding hydrogens is 338 g/mol. The Morgan fingerprint density at radius 1 is 1.08 bits per heavy atom. The van der Waals surface area contributed by atoms with Crippen molar-refractivity contribution in [2.24, 2.45) is 0 Å². The first-order valence-electron chi connectivity index (χ1n) is 7.72. The molecule has 0 unspecified atom stereocenters. The zero-order valence-electron chi connectivity index (χ0n) is 14.4. The molecule has 2 aromatic carbocycles. The molecule has 1 aromatic heterocycles. The highest BCUT2D eigenvalue weighted by molar-refractivity contribution is 5.98. The first-order chi connectivity index (χ1) is 12.4. The van der Waals surface area contributed by atoms with Crippen LogP contribution < -0.4 is 25.1 Å². The number of carbonyl (C=O) groups excluding carboxylic acids is 1. The molecule has 0 aliphatic heterocycles. The Bertz CT molecular complexity index is 1040. The summed E-state index contributed by atoms with van der Waals surface area (Å²) in [5.74, 6) is 0.809. The van der Waals surface area contributed by atoms with Gasteiger partial charge < -0.3 is 23.8 Å². The molecular formula is C19H16NO6-. The monoisotopic (exact) mass is 354 g/mol. The molecule has 3 rings (SSSR count). The average Bonchev–Trinajstić information content (AvgIpc) is 2.61. The normalized spacial score (nSPS) is 10.6. The summed E-state index contributed by atoms with van der Waals surface area (Å²) >= 11 is 0. The molecule has 0 fully saturated rings. The maximum Gasteiger partial charge on any atom is 0.336 e. The quantitative estimate of drug-likeness (QED) is 0.669. The van der Waals surface area contributed by atoms with Crippen molar-refractivity contribution >= 4 is 28.4 Å². The van der Waals surface area contributed by atoms with Crippen molar-refractivity contribution in [3.05, 3.63) is 58.4 Å². The summed E-state index contributed by atoms with van der Waals surface area (Å²) in [6.07, 6.45) is -1.46. The standard InChI is InChI=1S/C19H17NO6/c1-11-8-18(21)26-16-9-12(4-6-14(11)16)20(19(22)23)15-7-5-13(24-2)10-17(15)25-3/h4-10H,1-3H3,(H,22,23)/p-1. The predicted molar refractivity (Wildman–Crippen MR) is 94.3 cm³/mol. The van der Waals surface area contributed by atoms with Crippen LogP contribution in [0.5, 0.6) is 11.5 Å². The molecule has 0 bridgehead atoms. The molecule has 1 heterocycles. The van der Waals surface area contributed by atoms with Gasteiger partial charge in [0.25, 0.3) is 0 Å². The molecule has 0 spiro atoms. The lowest BCUT2D eigenvalue weighted by atomic mass is 10.1. The number of carboxylic acid groups (broad SMARTS) is 1. The third-order valence-corrected chi connectivity index (χ3v) is 4.00. The smallest absolute Gasteiger partial charge is 0.336 e. The number of aryl methyl sites for hydroxylation is 1. The Morgan fingerprint density at radius 3 is 2.50 bits per heavy atom. The third kappa shape index (κ3) is 3.06. The van der Waals surface area contributed by atoms with E-state index in [9.17, 15) is 14.7 Å². The van der Waals surface area contributed by atoms with Gasteiger partial charge in [-0.05, 0) is 36.8 Å². The highest BCUT2D eigenvalue weighted by Gasteiger charge is 2.17. The molecule has 1 amide bonds. The summed E-state index contributed by atoms with van der Waals surface area (Å²) in [4.78, 5) is 24.4. The number of benzene rings is 2. The van der Waals surface area contributed by atoms with E-state index in [1.165, 1.54) is 26.4 Å². The van der Waals surface area contributed by atoms with Gasteiger partial charge in [-0.25, -0.2) is 4.79 Å². The van der Waals surface area contributed by atoms with Gasteiger partial charge >= 0.3 is 5.63 Å². The van der Waals surface area contributed by atoms with Crippen LogP contribution in [0, 0.1) is 6.92 Å². The predicted octanol–water partition coefficient (Wildman–Crippen LogP) is 2.60. The third-order valence-electron chi connectivity index (χ3n) is 4.00. The minimum Gasteiger partial charge on any atom is -0.529 e. The summed E-state index contributed by atoms with van der Waals surface area (Å²) < 4.78 is 15.6. The van der Waals surface area contributed by atoms with E-state index >= 15 is 0 Å². The van der Waals surface area contributed by atoms with Gasteiger partial charge in [0, 0.05) is 23.6 Å². The van der Waals surface area contributed by atoms with Gasteiger partial charge in [-0.3, -0.25) is 4.90 Å². The molecule has 0 aliphatic carbocycles. The molecule has 0 N–H and O–H groups in total. The fourth-order valence-electron chi connectivity index (χ4n) is 2.77. The molecule has 0 saturated carbocycles. The van der Waals surface area contributed by atoms with Gasteiger partial charge in [-0.2, -0.15) is 0 Å². The number of fused-ring (bicyclic) bond motifs is 1. The zero-order chi connectivity index (χ0) is 18.8. The van der Waals surface area contributed by atoms with E-state index in [2.05, 4.69) is 0 Å². The Kier molecular flexibility index (Phi) is 4.53. The average molecular weight is 354 g/mol. The maximum atomic E-state index is 11.8. The van der Waals surface area contributed by atoms with E-state index in [1.807, 2.05) is 0 Å². The van der Waals surface area contributed by atoms with Crippen molar-refractivity contribution in [2.45, 2.75) is 6.92 Å². The number of hydrogen-bond donors (Lipinski definition) is 0. The Labute approximate surface area is 149 Å². The lowest BCUT2D eigenvalue weighted by Crippen LogP contribution is -2.38. The van der Waals surface area contributed by atoms with Crippen molar-refractivity contribution < 1.29 is 23.8 Å². The summed E-state index contributed by atoms with van der Waals surface area (Å²) in [5, 5.41) is 12.5. The fraction of sp³-hybridized carbons (Fsp3) is 0.158. The topological polar surface area (TPSA) is 92.0 Å². The highest BCUT2D eigenvalue weighted by Crippen LogP contribution is 2.37. The highest BCUT2D eigenvalue weighted by atomic mass is 16.5. The lowest BCUT2D eigenvalue weighted by Gasteiger charge is -2.27. The van der Waals surface area contributed by atoms with Gasteiger partial charge in [-0.1, -0.05) is 0 Å². The number of nitrogens with zero attached hydrogens (tertiary/aromatic N) is 1. The van der Waals surface area contributed by atoms with E-state index < -0.39 is 11.7 Å².